The number of para-hydroxylation sites is 1. The van der Waals surface area contributed by atoms with Crippen LogP contribution in [0.2, 0.25) is 0 Å². The number of thioether (sulfide) groups is 1. The molecule has 0 aliphatic carbocycles. The molecule has 2 N–H and O–H groups in total. The summed E-state index contributed by atoms with van der Waals surface area (Å²) in [5.74, 6) is -0.130. The van der Waals surface area contributed by atoms with Crippen molar-refractivity contribution in [2.75, 3.05) is 24.8 Å². The predicted molar refractivity (Wildman–Crippen MR) is 128 cm³/mol. The average molecular weight is 468 g/mol. The molecule has 2 aromatic carbocycles. The van der Waals surface area contributed by atoms with Gasteiger partial charge < -0.3 is 19.8 Å². The first-order valence-corrected chi connectivity index (χ1v) is 11.4. The van der Waals surface area contributed by atoms with Crippen LogP contribution < -0.4 is 15.6 Å². The Bertz CT molecular complexity index is 1160. The maximum absolute atomic E-state index is 12.5. The van der Waals surface area contributed by atoms with Crippen LogP contribution in [0.5, 0.6) is 5.75 Å². The van der Waals surface area contributed by atoms with Gasteiger partial charge in [0, 0.05) is 11.6 Å². The minimum Gasteiger partial charge on any atom is -0.497 e. The molecule has 1 heterocycles. The van der Waals surface area contributed by atoms with E-state index in [1.165, 1.54) is 6.07 Å². The van der Waals surface area contributed by atoms with Crippen molar-refractivity contribution < 1.29 is 19.1 Å². The molecule has 8 nitrogen and oxygen atoms in total. The van der Waals surface area contributed by atoms with Gasteiger partial charge in [0.25, 0.3) is 5.56 Å². The molecule has 0 fully saturated rings. The Balaban J connectivity index is 1.65. The van der Waals surface area contributed by atoms with Gasteiger partial charge in [-0.3, -0.25) is 9.59 Å². The van der Waals surface area contributed by atoms with Crippen molar-refractivity contribution in [1.29, 1.82) is 0 Å². The average Bonchev–Trinajstić information content (AvgIpc) is 2.83. The predicted octanol–water partition coefficient (Wildman–Crippen LogP) is 4.13. The lowest BCUT2D eigenvalue weighted by molar-refractivity contribution is -0.113. The number of carbonyl (C=O) groups is 2. The standard InChI is InChI=1S/C24H25N3O5S/c1-3-4-13-32-23(30)18-7-5-6-8-19(18)25-22(29)15-33-24-26-20(14-21(28)27-24)16-9-11-17(31-2)12-10-16/h5-12,14H,3-4,13,15H2,1-2H3,(H,25,29)(H,26,27,28). The van der Waals surface area contributed by atoms with Gasteiger partial charge in [-0.1, -0.05) is 37.2 Å². The number of H-pyrrole nitrogens is 1. The molecule has 0 saturated heterocycles. The Hall–Kier alpha value is -3.59. The number of esters is 1. The number of nitrogens with zero attached hydrogens (tertiary/aromatic N) is 1. The van der Waals surface area contributed by atoms with Crippen LogP contribution in [-0.2, 0) is 9.53 Å². The number of hydrogen-bond donors (Lipinski definition) is 2. The fraction of sp³-hybridized carbons (Fsp3) is 0.250. The maximum Gasteiger partial charge on any atom is 0.340 e. The third-order valence-electron chi connectivity index (χ3n) is 4.60. The van der Waals surface area contributed by atoms with Gasteiger partial charge in [-0.2, -0.15) is 0 Å². The van der Waals surface area contributed by atoms with Gasteiger partial charge in [0.1, 0.15) is 5.75 Å². The lowest BCUT2D eigenvalue weighted by atomic mass is 10.1. The summed E-state index contributed by atoms with van der Waals surface area (Å²) in [6.45, 7) is 2.34. The largest absolute Gasteiger partial charge is 0.497 e. The van der Waals surface area contributed by atoms with Crippen LogP contribution in [-0.4, -0.2) is 41.3 Å². The van der Waals surface area contributed by atoms with Crippen LogP contribution in [0.25, 0.3) is 11.3 Å². The van der Waals surface area contributed by atoms with Gasteiger partial charge in [0.2, 0.25) is 5.91 Å². The molecular weight excluding hydrogens is 442 g/mol. The molecule has 0 aliphatic rings. The summed E-state index contributed by atoms with van der Waals surface area (Å²) in [7, 11) is 1.58. The second kappa shape index (κ2) is 11.9. The van der Waals surface area contributed by atoms with Gasteiger partial charge in [-0.15, -0.1) is 0 Å². The van der Waals surface area contributed by atoms with Crippen molar-refractivity contribution in [1.82, 2.24) is 9.97 Å². The van der Waals surface area contributed by atoms with Crippen molar-refractivity contribution >= 4 is 29.3 Å². The number of aromatic amines is 1. The number of hydrogen-bond acceptors (Lipinski definition) is 7. The van der Waals surface area contributed by atoms with Crippen molar-refractivity contribution in [3.8, 4) is 17.0 Å². The molecule has 33 heavy (non-hydrogen) atoms. The second-order valence-corrected chi connectivity index (χ2v) is 8.00. The summed E-state index contributed by atoms with van der Waals surface area (Å²) >= 11 is 1.09. The molecule has 0 radical (unpaired) electrons. The molecule has 3 rings (SSSR count). The molecule has 3 aromatic rings. The van der Waals surface area contributed by atoms with Crippen molar-refractivity contribution in [3.63, 3.8) is 0 Å². The Morgan fingerprint density at radius 1 is 1.12 bits per heavy atom. The van der Waals surface area contributed by atoms with E-state index in [1.807, 2.05) is 6.92 Å². The Kier molecular flexibility index (Phi) is 8.65. The minimum atomic E-state index is -0.481. The quantitative estimate of drug-likeness (QED) is 0.200. The normalized spacial score (nSPS) is 10.5. The smallest absolute Gasteiger partial charge is 0.340 e. The number of aromatic nitrogens is 2. The van der Waals surface area contributed by atoms with Crippen LogP contribution >= 0.6 is 11.8 Å². The monoisotopic (exact) mass is 467 g/mol. The van der Waals surface area contributed by atoms with E-state index < -0.39 is 5.97 Å². The molecule has 0 spiro atoms. The number of benzene rings is 2. The molecule has 172 valence electrons. The molecule has 1 amide bonds. The number of nitrogens with one attached hydrogen (secondary N) is 2. The first kappa shape index (κ1) is 24.1. The number of ether oxygens (including phenoxy) is 2. The highest BCUT2D eigenvalue weighted by Gasteiger charge is 2.15. The van der Waals surface area contributed by atoms with Crippen LogP contribution in [0, 0.1) is 0 Å². The van der Waals surface area contributed by atoms with Gasteiger partial charge in [-0.05, 0) is 42.8 Å². The van der Waals surface area contributed by atoms with Crippen molar-refractivity contribution in [3.05, 3.63) is 70.5 Å². The van der Waals surface area contributed by atoms with E-state index in [2.05, 4.69) is 15.3 Å². The van der Waals surface area contributed by atoms with Gasteiger partial charge in [-0.25, -0.2) is 9.78 Å². The number of unbranched alkanes of at least 4 members (excludes halogenated alkanes) is 1. The number of rotatable bonds is 10. The zero-order chi connectivity index (χ0) is 23.6. The molecular formula is C24H25N3O5S. The lowest BCUT2D eigenvalue weighted by Crippen LogP contribution is -2.18. The molecule has 0 saturated carbocycles. The van der Waals surface area contributed by atoms with E-state index in [1.54, 1.807) is 55.6 Å². The summed E-state index contributed by atoms with van der Waals surface area (Å²) in [6.07, 6.45) is 1.69. The van der Waals surface area contributed by atoms with Crippen molar-refractivity contribution in [2.24, 2.45) is 0 Å². The zero-order valence-electron chi connectivity index (χ0n) is 18.4. The van der Waals surface area contributed by atoms with E-state index in [0.29, 0.717) is 34.5 Å². The summed E-state index contributed by atoms with van der Waals surface area (Å²) in [5.41, 5.74) is 1.59. The van der Waals surface area contributed by atoms with Crippen LogP contribution in [0.4, 0.5) is 5.69 Å². The number of amides is 1. The Morgan fingerprint density at radius 3 is 2.61 bits per heavy atom. The summed E-state index contributed by atoms with van der Waals surface area (Å²) in [5, 5.41) is 3.05. The SMILES string of the molecule is CCCCOC(=O)c1ccccc1NC(=O)CSc1nc(-c2ccc(OC)cc2)cc(=O)[nH]1. The van der Waals surface area contributed by atoms with Gasteiger partial charge in [0.15, 0.2) is 5.16 Å². The first-order valence-electron chi connectivity index (χ1n) is 10.4. The number of carbonyl (C=O) groups excluding carboxylic acids is 2. The fourth-order valence-electron chi connectivity index (χ4n) is 2.89. The van der Waals surface area contributed by atoms with Crippen LogP contribution in [0.1, 0.15) is 30.1 Å². The lowest BCUT2D eigenvalue weighted by Gasteiger charge is -2.11. The second-order valence-electron chi connectivity index (χ2n) is 7.04. The maximum atomic E-state index is 12.5. The molecule has 0 bridgehead atoms. The minimum absolute atomic E-state index is 0.00573. The fourth-order valence-corrected chi connectivity index (χ4v) is 3.57. The van der Waals surface area contributed by atoms with Crippen LogP contribution in [0.3, 0.4) is 0 Å². The highest BCUT2D eigenvalue weighted by Crippen LogP contribution is 2.22. The topological polar surface area (TPSA) is 110 Å². The van der Waals surface area contributed by atoms with Crippen molar-refractivity contribution in [2.45, 2.75) is 24.9 Å². The summed E-state index contributed by atoms with van der Waals surface area (Å²) < 4.78 is 10.4. The van der Waals surface area contributed by atoms with E-state index in [-0.39, 0.29) is 17.2 Å². The van der Waals surface area contributed by atoms with Gasteiger partial charge in [0.05, 0.1) is 36.4 Å². The molecule has 0 aliphatic heterocycles. The van der Waals surface area contributed by atoms with Crippen LogP contribution in [0.15, 0.2) is 64.5 Å². The Labute approximate surface area is 195 Å². The molecule has 9 heteroatoms. The summed E-state index contributed by atoms with van der Waals surface area (Å²) in [6, 6.07) is 15.2. The van der Waals surface area contributed by atoms with E-state index >= 15 is 0 Å². The highest BCUT2D eigenvalue weighted by molar-refractivity contribution is 7.99. The summed E-state index contributed by atoms with van der Waals surface area (Å²) in [4.78, 5) is 44.0. The van der Waals surface area contributed by atoms with E-state index in [9.17, 15) is 14.4 Å². The van der Waals surface area contributed by atoms with E-state index in [0.717, 1.165) is 30.2 Å². The zero-order valence-corrected chi connectivity index (χ0v) is 19.2. The number of anilines is 1. The third kappa shape index (κ3) is 6.95. The van der Waals surface area contributed by atoms with E-state index in [4.69, 9.17) is 9.47 Å². The highest BCUT2D eigenvalue weighted by atomic mass is 32.2. The molecule has 1 aromatic heterocycles. The first-order chi connectivity index (χ1) is 16.0. The third-order valence-corrected chi connectivity index (χ3v) is 5.47. The van der Waals surface area contributed by atoms with Gasteiger partial charge >= 0.3 is 5.97 Å². The molecule has 0 atom stereocenters. The Morgan fingerprint density at radius 2 is 1.88 bits per heavy atom. The number of methoxy groups -OCH3 is 1. The molecule has 0 unspecified atom stereocenters.